The van der Waals surface area contributed by atoms with E-state index in [0.29, 0.717) is 26.3 Å². The smallest absolute Gasteiger partial charge is 0.244 e. The fourth-order valence-electron chi connectivity index (χ4n) is 3.71. The summed E-state index contributed by atoms with van der Waals surface area (Å²) in [6.07, 6.45) is 5.84. The SMILES string of the molecule is O=S(=O)(c1ccc(N2CCN(CC=Cc3ccccc3)CC2)nc1)N1CCOCC1. The lowest BCUT2D eigenvalue weighted by atomic mass is 10.2. The molecule has 0 radical (unpaired) electrons. The molecule has 2 saturated heterocycles. The first kappa shape index (κ1) is 21.0. The fraction of sp³-hybridized carbons (Fsp3) is 0.409. The molecule has 1 aromatic carbocycles. The molecule has 2 aliphatic rings. The van der Waals surface area contributed by atoms with Gasteiger partial charge >= 0.3 is 0 Å². The van der Waals surface area contributed by atoms with Gasteiger partial charge in [0.25, 0.3) is 0 Å². The maximum atomic E-state index is 12.7. The molecule has 30 heavy (non-hydrogen) atoms. The molecule has 0 aliphatic carbocycles. The lowest BCUT2D eigenvalue weighted by Crippen LogP contribution is -2.46. The third-order valence-electron chi connectivity index (χ3n) is 5.50. The number of ether oxygens (including phenoxy) is 1. The number of hydrogen-bond donors (Lipinski definition) is 0. The molecule has 0 atom stereocenters. The number of rotatable bonds is 6. The quantitative estimate of drug-likeness (QED) is 0.701. The minimum Gasteiger partial charge on any atom is -0.379 e. The summed E-state index contributed by atoms with van der Waals surface area (Å²) in [5, 5.41) is 0. The molecule has 0 bridgehead atoms. The van der Waals surface area contributed by atoms with Gasteiger partial charge in [-0.1, -0.05) is 42.5 Å². The summed E-state index contributed by atoms with van der Waals surface area (Å²) in [5.41, 5.74) is 1.22. The van der Waals surface area contributed by atoms with E-state index >= 15 is 0 Å². The van der Waals surface area contributed by atoms with Gasteiger partial charge in [-0.25, -0.2) is 13.4 Å². The van der Waals surface area contributed by atoms with Crippen LogP contribution in [0.2, 0.25) is 0 Å². The Bertz CT molecular complexity index is 934. The Balaban J connectivity index is 1.30. The van der Waals surface area contributed by atoms with Crippen LogP contribution in [0, 0.1) is 0 Å². The van der Waals surface area contributed by atoms with Gasteiger partial charge in [-0.2, -0.15) is 4.31 Å². The zero-order valence-electron chi connectivity index (χ0n) is 17.1. The van der Waals surface area contributed by atoms with Crippen molar-refractivity contribution in [1.82, 2.24) is 14.2 Å². The zero-order valence-corrected chi connectivity index (χ0v) is 17.9. The number of anilines is 1. The van der Waals surface area contributed by atoms with Gasteiger partial charge in [-0.3, -0.25) is 4.90 Å². The lowest BCUT2D eigenvalue weighted by molar-refractivity contribution is 0.0730. The maximum Gasteiger partial charge on any atom is 0.244 e. The van der Waals surface area contributed by atoms with Crippen LogP contribution in [0.5, 0.6) is 0 Å². The van der Waals surface area contributed by atoms with E-state index in [1.54, 1.807) is 6.07 Å². The van der Waals surface area contributed by atoms with Gasteiger partial charge in [-0.05, 0) is 17.7 Å². The first-order chi connectivity index (χ1) is 14.6. The number of hydrogen-bond acceptors (Lipinski definition) is 6. The third kappa shape index (κ3) is 5.07. The maximum absolute atomic E-state index is 12.7. The topological polar surface area (TPSA) is 66.0 Å². The number of pyridine rings is 1. The largest absolute Gasteiger partial charge is 0.379 e. The highest BCUT2D eigenvalue weighted by Crippen LogP contribution is 2.20. The van der Waals surface area contributed by atoms with Gasteiger partial charge in [-0.15, -0.1) is 0 Å². The molecule has 2 aliphatic heterocycles. The molecule has 0 saturated carbocycles. The molecule has 0 N–H and O–H groups in total. The average Bonchev–Trinajstić information content (AvgIpc) is 2.81. The van der Waals surface area contributed by atoms with Crippen LogP contribution in [0.25, 0.3) is 6.08 Å². The van der Waals surface area contributed by atoms with Crippen molar-refractivity contribution in [2.75, 3.05) is 63.9 Å². The second kappa shape index (κ2) is 9.70. The second-order valence-electron chi connectivity index (χ2n) is 7.47. The van der Waals surface area contributed by atoms with Crippen molar-refractivity contribution in [3.05, 3.63) is 60.3 Å². The van der Waals surface area contributed by atoms with E-state index in [1.165, 1.54) is 16.1 Å². The van der Waals surface area contributed by atoms with E-state index < -0.39 is 10.0 Å². The monoisotopic (exact) mass is 428 g/mol. The van der Waals surface area contributed by atoms with Crippen LogP contribution >= 0.6 is 0 Å². The number of piperazine rings is 1. The molecule has 1 aromatic heterocycles. The van der Waals surface area contributed by atoms with E-state index in [2.05, 4.69) is 39.1 Å². The Labute approximate surface area is 178 Å². The molecule has 2 fully saturated rings. The van der Waals surface area contributed by atoms with E-state index in [-0.39, 0.29) is 4.90 Å². The van der Waals surface area contributed by atoms with Crippen LogP contribution < -0.4 is 4.90 Å². The Morgan fingerprint density at radius 3 is 2.33 bits per heavy atom. The average molecular weight is 429 g/mol. The Morgan fingerprint density at radius 2 is 1.67 bits per heavy atom. The fourth-order valence-corrected chi connectivity index (χ4v) is 5.06. The summed E-state index contributed by atoms with van der Waals surface area (Å²) in [5.74, 6) is 0.829. The molecule has 8 heteroatoms. The van der Waals surface area contributed by atoms with Crippen LogP contribution in [0.4, 0.5) is 5.82 Å². The number of aromatic nitrogens is 1. The number of morpholine rings is 1. The molecule has 0 amide bonds. The molecular formula is C22H28N4O3S. The standard InChI is InChI=1S/C22H28N4O3S/c27-30(28,26-15-17-29-18-16-26)21-8-9-22(23-19-21)25-13-11-24(12-14-25)10-4-7-20-5-2-1-3-6-20/h1-9,19H,10-18H2. The second-order valence-corrected chi connectivity index (χ2v) is 9.41. The first-order valence-electron chi connectivity index (χ1n) is 10.4. The van der Waals surface area contributed by atoms with Gasteiger partial charge in [0.2, 0.25) is 10.0 Å². The summed E-state index contributed by atoms with van der Waals surface area (Å²) in [4.78, 5) is 9.32. The van der Waals surface area contributed by atoms with Crippen molar-refractivity contribution in [3.8, 4) is 0 Å². The molecule has 0 spiro atoms. The van der Waals surface area contributed by atoms with Crippen LogP contribution in [0.15, 0.2) is 59.6 Å². The molecule has 4 rings (SSSR count). The number of nitrogens with zero attached hydrogens (tertiary/aromatic N) is 4. The van der Waals surface area contributed by atoms with Crippen molar-refractivity contribution >= 4 is 21.9 Å². The lowest BCUT2D eigenvalue weighted by Gasteiger charge is -2.35. The highest BCUT2D eigenvalue weighted by molar-refractivity contribution is 7.89. The summed E-state index contributed by atoms with van der Waals surface area (Å²) in [6.45, 7) is 6.25. The molecule has 0 unspecified atom stereocenters. The molecular weight excluding hydrogens is 400 g/mol. The highest BCUT2D eigenvalue weighted by Gasteiger charge is 2.27. The number of benzene rings is 1. The summed E-state index contributed by atoms with van der Waals surface area (Å²) < 4.78 is 32.2. The van der Waals surface area contributed by atoms with E-state index in [9.17, 15) is 8.42 Å². The van der Waals surface area contributed by atoms with E-state index in [4.69, 9.17) is 4.74 Å². The first-order valence-corrected chi connectivity index (χ1v) is 11.8. The minimum atomic E-state index is -3.50. The van der Waals surface area contributed by atoms with E-state index in [1.807, 2.05) is 24.3 Å². The van der Waals surface area contributed by atoms with Gasteiger partial charge < -0.3 is 9.64 Å². The van der Waals surface area contributed by atoms with Crippen LogP contribution in [0.3, 0.4) is 0 Å². The van der Waals surface area contributed by atoms with Crippen molar-refractivity contribution < 1.29 is 13.2 Å². The third-order valence-corrected chi connectivity index (χ3v) is 7.38. The predicted molar refractivity (Wildman–Crippen MR) is 118 cm³/mol. The highest BCUT2D eigenvalue weighted by atomic mass is 32.2. The van der Waals surface area contributed by atoms with Crippen LogP contribution in [-0.2, 0) is 14.8 Å². The molecule has 3 heterocycles. The molecule has 7 nitrogen and oxygen atoms in total. The van der Waals surface area contributed by atoms with Crippen molar-refractivity contribution in [2.24, 2.45) is 0 Å². The van der Waals surface area contributed by atoms with Gasteiger partial charge in [0, 0.05) is 52.0 Å². The zero-order chi connectivity index (χ0) is 20.8. The van der Waals surface area contributed by atoms with Crippen molar-refractivity contribution in [1.29, 1.82) is 0 Å². The normalized spacial score (nSPS) is 19.4. The minimum absolute atomic E-state index is 0.248. The van der Waals surface area contributed by atoms with E-state index in [0.717, 1.165) is 38.5 Å². The molecule has 2 aromatic rings. The summed E-state index contributed by atoms with van der Waals surface area (Å²) in [6, 6.07) is 13.8. The predicted octanol–water partition coefficient (Wildman–Crippen LogP) is 1.94. The van der Waals surface area contributed by atoms with Crippen molar-refractivity contribution in [3.63, 3.8) is 0 Å². The van der Waals surface area contributed by atoms with Crippen LogP contribution in [-0.4, -0.2) is 81.6 Å². The van der Waals surface area contributed by atoms with Crippen LogP contribution in [0.1, 0.15) is 5.56 Å². The van der Waals surface area contributed by atoms with Gasteiger partial charge in [0.15, 0.2) is 0 Å². The Kier molecular flexibility index (Phi) is 6.79. The van der Waals surface area contributed by atoms with Crippen molar-refractivity contribution in [2.45, 2.75) is 4.90 Å². The van der Waals surface area contributed by atoms with Gasteiger partial charge in [0.1, 0.15) is 10.7 Å². The summed E-state index contributed by atoms with van der Waals surface area (Å²) in [7, 11) is -3.50. The summed E-state index contributed by atoms with van der Waals surface area (Å²) >= 11 is 0. The molecule has 160 valence electrons. The Hall–Kier alpha value is -2.26. The number of sulfonamides is 1. The Morgan fingerprint density at radius 1 is 0.933 bits per heavy atom. The van der Waals surface area contributed by atoms with Gasteiger partial charge in [0.05, 0.1) is 13.2 Å².